The van der Waals surface area contributed by atoms with Crippen LogP contribution in [0.5, 0.6) is 0 Å². The molecular weight excluding hydrogens is 244 g/mol. The molecule has 1 fully saturated rings. The van der Waals surface area contributed by atoms with Crippen LogP contribution in [-0.4, -0.2) is 26.2 Å². The lowest BCUT2D eigenvalue weighted by Gasteiger charge is -2.16. The van der Waals surface area contributed by atoms with Crippen molar-refractivity contribution in [2.45, 2.75) is 31.6 Å². The minimum atomic E-state index is -0.500. The van der Waals surface area contributed by atoms with E-state index in [1.54, 1.807) is 12.1 Å². The number of rotatable bonds is 3. The van der Waals surface area contributed by atoms with Crippen LogP contribution in [0.3, 0.4) is 0 Å². The Morgan fingerprint density at radius 3 is 2.26 bits per heavy atom. The Balaban J connectivity index is 2.52. The van der Waals surface area contributed by atoms with Gasteiger partial charge in [0.05, 0.1) is 25.3 Å². The molecule has 4 nitrogen and oxygen atoms in total. The second kappa shape index (κ2) is 5.87. The Hall–Kier alpha value is -1.84. The number of carbonyl (C=O) groups is 2. The van der Waals surface area contributed by atoms with E-state index < -0.39 is 11.9 Å². The maximum absolute atomic E-state index is 12.0. The molecule has 102 valence electrons. The molecule has 0 heterocycles. The van der Waals surface area contributed by atoms with Gasteiger partial charge >= 0.3 is 11.9 Å². The van der Waals surface area contributed by atoms with E-state index in [1.807, 2.05) is 6.07 Å². The van der Waals surface area contributed by atoms with Crippen molar-refractivity contribution in [3.8, 4) is 0 Å². The average molecular weight is 262 g/mol. The van der Waals surface area contributed by atoms with Crippen LogP contribution in [0.15, 0.2) is 18.2 Å². The fourth-order valence-electron chi connectivity index (χ4n) is 2.76. The first-order valence-corrected chi connectivity index (χ1v) is 6.48. The SMILES string of the molecule is COC(=O)c1cccc(C2CCCC2)c1C(=O)OC. The van der Waals surface area contributed by atoms with Gasteiger partial charge in [0.1, 0.15) is 0 Å². The Morgan fingerprint density at radius 1 is 1.05 bits per heavy atom. The molecule has 0 atom stereocenters. The standard InChI is InChI=1S/C15H18O4/c1-18-14(16)12-9-5-8-11(10-6-3-4-7-10)13(12)15(17)19-2/h5,8-10H,3-4,6-7H2,1-2H3. The molecule has 0 N–H and O–H groups in total. The topological polar surface area (TPSA) is 52.6 Å². The molecule has 0 radical (unpaired) electrons. The van der Waals surface area contributed by atoms with Crippen LogP contribution in [0, 0.1) is 0 Å². The first-order valence-electron chi connectivity index (χ1n) is 6.48. The summed E-state index contributed by atoms with van der Waals surface area (Å²) in [6.07, 6.45) is 4.42. The number of esters is 2. The molecule has 2 rings (SSSR count). The first kappa shape index (κ1) is 13.6. The van der Waals surface area contributed by atoms with Gasteiger partial charge < -0.3 is 9.47 Å². The van der Waals surface area contributed by atoms with Gasteiger partial charge in [-0.3, -0.25) is 0 Å². The summed E-state index contributed by atoms with van der Waals surface area (Å²) in [4.78, 5) is 23.8. The molecule has 19 heavy (non-hydrogen) atoms. The molecule has 0 bridgehead atoms. The quantitative estimate of drug-likeness (QED) is 0.786. The third-order valence-electron chi connectivity index (χ3n) is 3.69. The van der Waals surface area contributed by atoms with Crippen molar-refractivity contribution in [2.75, 3.05) is 14.2 Å². The van der Waals surface area contributed by atoms with Gasteiger partial charge in [-0.15, -0.1) is 0 Å². The van der Waals surface area contributed by atoms with Crippen LogP contribution in [0.4, 0.5) is 0 Å². The largest absolute Gasteiger partial charge is 0.465 e. The van der Waals surface area contributed by atoms with Gasteiger partial charge in [-0.2, -0.15) is 0 Å². The highest BCUT2D eigenvalue weighted by Gasteiger charge is 2.27. The van der Waals surface area contributed by atoms with Gasteiger partial charge in [0.25, 0.3) is 0 Å². The van der Waals surface area contributed by atoms with Crippen molar-refractivity contribution in [1.29, 1.82) is 0 Å². The highest BCUT2D eigenvalue weighted by atomic mass is 16.5. The Bertz CT molecular complexity index is 487. The molecule has 1 aliphatic rings. The van der Waals surface area contributed by atoms with Crippen molar-refractivity contribution in [3.05, 3.63) is 34.9 Å². The van der Waals surface area contributed by atoms with Gasteiger partial charge in [-0.25, -0.2) is 9.59 Å². The van der Waals surface area contributed by atoms with Crippen molar-refractivity contribution >= 4 is 11.9 Å². The zero-order valence-electron chi connectivity index (χ0n) is 11.3. The molecule has 1 aromatic carbocycles. The molecule has 0 saturated heterocycles. The third kappa shape index (κ3) is 2.62. The van der Waals surface area contributed by atoms with Gasteiger partial charge in [0.15, 0.2) is 0 Å². The lowest BCUT2D eigenvalue weighted by atomic mass is 9.90. The molecule has 0 spiro atoms. The number of benzene rings is 1. The molecule has 1 aliphatic carbocycles. The average Bonchev–Trinajstić information content (AvgIpc) is 2.98. The Morgan fingerprint density at radius 2 is 1.68 bits per heavy atom. The van der Waals surface area contributed by atoms with Crippen molar-refractivity contribution in [1.82, 2.24) is 0 Å². The van der Waals surface area contributed by atoms with Crippen LogP contribution in [0.2, 0.25) is 0 Å². The molecule has 0 aliphatic heterocycles. The molecule has 0 aromatic heterocycles. The molecule has 4 heteroatoms. The van der Waals surface area contributed by atoms with E-state index in [0.29, 0.717) is 17.0 Å². The van der Waals surface area contributed by atoms with E-state index >= 15 is 0 Å². The predicted molar refractivity (Wildman–Crippen MR) is 70.3 cm³/mol. The summed E-state index contributed by atoms with van der Waals surface area (Å²) in [5, 5.41) is 0. The Kier molecular flexibility index (Phi) is 4.20. The summed E-state index contributed by atoms with van der Waals surface area (Å²) in [5.41, 5.74) is 1.56. The highest BCUT2D eigenvalue weighted by molar-refractivity contribution is 6.04. The van der Waals surface area contributed by atoms with Crippen LogP contribution in [-0.2, 0) is 9.47 Å². The lowest BCUT2D eigenvalue weighted by Crippen LogP contribution is -2.15. The summed E-state index contributed by atoms with van der Waals surface area (Å²) in [6, 6.07) is 5.32. The molecule has 1 saturated carbocycles. The summed E-state index contributed by atoms with van der Waals surface area (Å²) >= 11 is 0. The zero-order chi connectivity index (χ0) is 13.8. The number of methoxy groups -OCH3 is 2. The predicted octanol–water partition coefficient (Wildman–Crippen LogP) is 2.92. The van der Waals surface area contributed by atoms with Gasteiger partial charge in [-0.1, -0.05) is 25.0 Å². The summed E-state index contributed by atoms with van der Waals surface area (Å²) in [6.45, 7) is 0. The normalized spacial score (nSPS) is 15.3. The van der Waals surface area contributed by atoms with E-state index in [0.717, 1.165) is 31.2 Å². The van der Waals surface area contributed by atoms with Crippen LogP contribution < -0.4 is 0 Å². The van der Waals surface area contributed by atoms with E-state index in [1.165, 1.54) is 14.2 Å². The second-order valence-electron chi connectivity index (χ2n) is 4.73. The van der Waals surface area contributed by atoms with Gasteiger partial charge in [0, 0.05) is 0 Å². The number of ether oxygens (including phenoxy) is 2. The zero-order valence-corrected chi connectivity index (χ0v) is 11.3. The fraction of sp³-hybridized carbons (Fsp3) is 0.467. The molecule has 0 amide bonds. The minimum Gasteiger partial charge on any atom is -0.465 e. The minimum absolute atomic E-state index is 0.291. The summed E-state index contributed by atoms with van der Waals surface area (Å²) in [7, 11) is 2.64. The van der Waals surface area contributed by atoms with Crippen LogP contribution in [0.1, 0.15) is 57.9 Å². The van der Waals surface area contributed by atoms with Gasteiger partial charge in [-0.05, 0) is 30.4 Å². The van der Waals surface area contributed by atoms with E-state index in [-0.39, 0.29) is 0 Å². The molecular formula is C15H18O4. The Labute approximate surface area is 112 Å². The highest BCUT2D eigenvalue weighted by Crippen LogP contribution is 2.37. The van der Waals surface area contributed by atoms with Crippen molar-refractivity contribution in [3.63, 3.8) is 0 Å². The maximum Gasteiger partial charge on any atom is 0.339 e. The van der Waals surface area contributed by atoms with E-state index in [2.05, 4.69) is 0 Å². The summed E-state index contributed by atoms with van der Waals surface area (Å²) in [5.74, 6) is -0.637. The fourth-order valence-corrected chi connectivity index (χ4v) is 2.76. The number of hydrogen-bond donors (Lipinski definition) is 0. The maximum atomic E-state index is 12.0. The monoisotopic (exact) mass is 262 g/mol. The van der Waals surface area contributed by atoms with E-state index in [4.69, 9.17) is 9.47 Å². The molecule has 1 aromatic rings. The third-order valence-corrected chi connectivity index (χ3v) is 3.69. The number of carbonyl (C=O) groups excluding carboxylic acids is 2. The molecule has 0 unspecified atom stereocenters. The smallest absolute Gasteiger partial charge is 0.339 e. The van der Waals surface area contributed by atoms with Crippen LogP contribution in [0.25, 0.3) is 0 Å². The number of hydrogen-bond acceptors (Lipinski definition) is 4. The second-order valence-corrected chi connectivity index (χ2v) is 4.73. The van der Waals surface area contributed by atoms with Crippen LogP contribution >= 0.6 is 0 Å². The summed E-state index contributed by atoms with van der Waals surface area (Å²) < 4.78 is 9.57. The van der Waals surface area contributed by atoms with Crippen molar-refractivity contribution in [2.24, 2.45) is 0 Å². The van der Waals surface area contributed by atoms with E-state index in [9.17, 15) is 9.59 Å². The first-order chi connectivity index (χ1) is 9.19. The van der Waals surface area contributed by atoms with Gasteiger partial charge in [0.2, 0.25) is 0 Å². The lowest BCUT2D eigenvalue weighted by molar-refractivity contribution is 0.0553. The van der Waals surface area contributed by atoms with Crippen molar-refractivity contribution < 1.29 is 19.1 Å².